The number of unbranched alkanes of at least 4 members (excludes halogenated alkanes) is 12. The fourth-order valence-electron chi connectivity index (χ4n) is 5.99. The summed E-state index contributed by atoms with van der Waals surface area (Å²) in [5.74, 6) is -0.335. The summed E-state index contributed by atoms with van der Waals surface area (Å²) >= 11 is 0. The molecule has 1 saturated heterocycles. The van der Waals surface area contributed by atoms with Crippen LogP contribution in [0.5, 0.6) is 0 Å². The topological polar surface area (TPSA) is 135 Å². The Morgan fingerprint density at radius 1 is 0.600 bits per heavy atom. The number of hydrogen-bond acceptors (Lipinski definition) is 9. The third-order valence-electron chi connectivity index (χ3n) is 9.34. The first kappa shape index (κ1) is 50.6. The van der Waals surface area contributed by atoms with Gasteiger partial charge in [-0.15, -0.1) is 0 Å². The smallest absolute Gasteiger partial charge is 0.306 e. The molecule has 9 nitrogen and oxygen atoms in total. The summed E-state index contributed by atoms with van der Waals surface area (Å²) in [4.78, 5) is 12.7. The van der Waals surface area contributed by atoms with Crippen molar-refractivity contribution in [2.75, 3.05) is 26.4 Å². The van der Waals surface area contributed by atoms with Crippen molar-refractivity contribution >= 4 is 5.97 Å². The van der Waals surface area contributed by atoms with E-state index in [1.54, 1.807) is 0 Å². The molecule has 0 aromatic heterocycles. The van der Waals surface area contributed by atoms with E-state index in [0.717, 1.165) is 103 Å². The summed E-state index contributed by atoms with van der Waals surface area (Å²) in [5.41, 5.74) is 0. The minimum atomic E-state index is -1.54. The number of allylic oxidation sites excluding steroid dienone is 12. The minimum absolute atomic E-state index is 0.127. The van der Waals surface area contributed by atoms with Crippen LogP contribution in [-0.4, -0.2) is 89.6 Å². The zero-order valence-electron chi connectivity index (χ0n) is 34.4. The standard InChI is InChI=1S/C46H78O9/c1-3-5-7-9-11-13-15-16-17-18-19-20-21-22-23-24-25-26-28-30-32-34-36-52-38-40(39-53-46-45(51)44(50)43(49)41(37-47)55-46)54-42(48)35-33-31-29-27-14-12-10-8-6-4-2/h5,7-8,10-11,13,16-17,19-20,22-23,40-41,43-47,49-51H,3-4,6,9,12,14-15,18,21,24-39H2,1-2H3/b7-5-,10-8-,13-11-,17-16-,20-19-,23-22-. The molecule has 0 aliphatic carbocycles. The Hall–Kier alpha value is -2.37. The quantitative estimate of drug-likeness (QED) is 0.0282. The fraction of sp³-hybridized carbons (Fsp3) is 0.717. The largest absolute Gasteiger partial charge is 0.457 e. The van der Waals surface area contributed by atoms with Gasteiger partial charge in [0.05, 0.1) is 19.8 Å². The molecule has 1 aliphatic heterocycles. The molecule has 4 N–H and O–H groups in total. The monoisotopic (exact) mass is 775 g/mol. The van der Waals surface area contributed by atoms with Gasteiger partial charge >= 0.3 is 5.97 Å². The third-order valence-corrected chi connectivity index (χ3v) is 9.34. The Kier molecular flexibility index (Phi) is 34.3. The molecule has 1 aliphatic rings. The van der Waals surface area contributed by atoms with E-state index < -0.39 is 43.4 Å². The predicted molar refractivity (Wildman–Crippen MR) is 224 cm³/mol. The van der Waals surface area contributed by atoms with Crippen molar-refractivity contribution in [3.05, 3.63) is 72.9 Å². The SMILES string of the molecule is CC/C=C\C/C=C\C/C=C\C/C=C\C/C=C\CCCCCCCCOCC(COC1OC(CO)C(O)C(O)C1O)OC(=O)CCCCCCC/C=C\CCC. The van der Waals surface area contributed by atoms with Gasteiger partial charge in [-0.05, 0) is 77.0 Å². The Morgan fingerprint density at radius 3 is 1.69 bits per heavy atom. The lowest BCUT2D eigenvalue weighted by molar-refractivity contribution is -0.305. The summed E-state index contributed by atoms with van der Waals surface area (Å²) < 4.78 is 22.7. The molecule has 6 atom stereocenters. The van der Waals surface area contributed by atoms with E-state index in [9.17, 15) is 25.2 Å². The number of carbonyl (C=O) groups excluding carboxylic acids is 1. The Bertz CT molecular complexity index is 1060. The number of aliphatic hydroxyl groups is 4. The molecule has 0 saturated carbocycles. The molecule has 9 heteroatoms. The molecular weight excluding hydrogens is 696 g/mol. The Labute approximate surface area is 334 Å². The van der Waals surface area contributed by atoms with Gasteiger partial charge in [-0.25, -0.2) is 0 Å². The van der Waals surface area contributed by atoms with Gasteiger partial charge in [0.2, 0.25) is 0 Å². The summed E-state index contributed by atoms with van der Waals surface area (Å²) in [6.45, 7) is 4.31. The molecule has 1 heterocycles. The molecule has 0 aromatic rings. The van der Waals surface area contributed by atoms with Crippen LogP contribution in [0.3, 0.4) is 0 Å². The Balaban J connectivity index is 2.26. The predicted octanol–water partition coefficient (Wildman–Crippen LogP) is 9.30. The molecule has 0 aromatic carbocycles. The number of esters is 1. The maximum absolute atomic E-state index is 12.7. The first-order chi connectivity index (χ1) is 26.9. The summed E-state index contributed by atoms with van der Waals surface area (Å²) in [7, 11) is 0. The fourth-order valence-corrected chi connectivity index (χ4v) is 5.99. The average molecular weight is 775 g/mol. The van der Waals surface area contributed by atoms with Crippen molar-refractivity contribution in [3.63, 3.8) is 0 Å². The van der Waals surface area contributed by atoms with Gasteiger partial charge in [0.1, 0.15) is 30.5 Å². The lowest BCUT2D eigenvalue weighted by Crippen LogP contribution is -2.59. The molecule has 316 valence electrons. The molecular formula is C46H78O9. The van der Waals surface area contributed by atoms with Crippen molar-refractivity contribution in [1.82, 2.24) is 0 Å². The molecule has 6 unspecified atom stereocenters. The molecule has 0 amide bonds. The highest BCUT2D eigenvalue weighted by molar-refractivity contribution is 5.69. The number of ether oxygens (including phenoxy) is 4. The molecule has 0 bridgehead atoms. The lowest BCUT2D eigenvalue weighted by Gasteiger charge is -2.39. The summed E-state index contributed by atoms with van der Waals surface area (Å²) in [6.07, 6.45) is 40.8. The van der Waals surface area contributed by atoms with Crippen LogP contribution >= 0.6 is 0 Å². The van der Waals surface area contributed by atoms with Crippen LogP contribution in [0, 0.1) is 0 Å². The second-order valence-corrected chi connectivity index (χ2v) is 14.4. The van der Waals surface area contributed by atoms with Crippen LogP contribution < -0.4 is 0 Å². The number of rotatable bonds is 35. The van der Waals surface area contributed by atoms with Crippen LogP contribution in [0.4, 0.5) is 0 Å². The van der Waals surface area contributed by atoms with E-state index >= 15 is 0 Å². The van der Waals surface area contributed by atoms with Gasteiger partial charge < -0.3 is 39.4 Å². The van der Waals surface area contributed by atoms with Crippen LogP contribution in [0.2, 0.25) is 0 Å². The van der Waals surface area contributed by atoms with Crippen molar-refractivity contribution in [2.45, 2.75) is 185 Å². The van der Waals surface area contributed by atoms with Gasteiger partial charge in [0, 0.05) is 13.0 Å². The van der Waals surface area contributed by atoms with Crippen LogP contribution in [0.1, 0.15) is 149 Å². The number of hydrogen-bond donors (Lipinski definition) is 4. The van der Waals surface area contributed by atoms with Crippen LogP contribution in [0.15, 0.2) is 72.9 Å². The van der Waals surface area contributed by atoms with Gasteiger partial charge in [-0.2, -0.15) is 0 Å². The maximum Gasteiger partial charge on any atom is 0.306 e. The average Bonchev–Trinajstić information content (AvgIpc) is 3.18. The van der Waals surface area contributed by atoms with Gasteiger partial charge in [-0.1, -0.05) is 138 Å². The summed E-state index contributed by atoms with van der Waals surface area (Å²) in [5, 5.41) is 40.0. The van der Waals surface area contributed by atoms with E-state index in [1.807, 2.05) is 0 Å². The van der Waals surface area contributed by atoms with Crippen LogP contribution in [0.25, 0.3) is 0 Å². The van der Waals surface area contributed by atoms with Gasteiger partial charge in [0.15, 0.2) is 6.29 Å². The third kappa shape index (κ3) is 28.6. The van der Waals surface area contributed by atoms with Crippen molar-refractivity contribution < 1.29 is 44.2 Å². The van der Waals surface area contributed by atoms with Crippen molar-refractivity contribution in [2.24, 2.45) is 0 Å². The Morgan fingerprint density at radius 2 is 1.11 bits per heavy atom. The first-order valence-electron chi connectivity index (χ1n) is 21.5. The normalized spacial score (nSPS) is 21.5. The van der Waals surface area contributed by atoms with Gasteiger partial charge in [0.25, 0.3) is 0 Å². The number of aliphatic hydroxyl groups excluding tert-OH is 4. The second kappa shape index (κ2) is 37.2. The number of carbonyl (C=O) groups is 1. The highest BCUT2D eigenvalue weighted by Crippen LogP contribution is 2.22. The molecule has 1 rings (SSSR count). The lowest BCUT2D eigenvalue weighted by atomic mass is 9.99. The zero-order valence-corrected chi connectivity index (χ0v) is 34.4. The maximum atomic E-state index is 12.7. The molecule has 55 heavy (non-hydrogen) atoms. The zero-order chi connectivity index (χ0) is 40.0. The highest BCUT2D eigenvalue weighted by Gasteiger charge is 2.44. The van der Waals surface area contributed by atoms with Crippen molar-refractivity contribution in [3.8, 4) is 0 Å². The van der Waals surface area contributed by atoms with Gasteiger partial charge in [-0.3, -0.25) is 4.79 Å². The molecule has 0 radical (unpaired) electrons. The molecule has 0 spiro atoms. The van der Waals surface area contributed by atoms with E-state index in [2.05, 4.69) is 86.8 Å². The van der Waals surface area contributed by atoms with E-state index in [1.165, 1.54) is 25.7 Å². The van der Waals surface area contributed by atoms with Crippen molar-refractivity contribution in [1.29, 1.82) is 0 Å². The second-order valence-electron chi connectivity index (χ2n) is 14.4. The first-order valence-corrected chi connectivity index (χ1v) is 21.5. The van der Waals surface area contributed by atoms with E-state index in [4.69, 9.17) is 18.9 Å². The summed E-state index contributed by atoms with van der Waals surface area (Å²) in [6, 6.07) is 0. The van der Waals surface area contributed by atoms with E-state index in [0.29, 0.717) is 13.0 Å². The van der Waals surface area contributed by atoms with E-state index in [-0.39, 0.29) is 19.2 Å². The van der Waals surface area contributed by atoms with Crippen LogP contribution in [-0.2, 0) is 23.7 Å². The minimum Gasteiger partial charge on any atom is -0.457 e. The molecule has 1 fully saturated rings. The highest BCUT2D eigenvalue weighted by atomic mass is 16.7.